The third-order valence-electron chi connectivity index (χ3n) is 2.43. The number of nitrogens with two attached hydrogens (primary N) is 1. The Morgan fingerprint density at radius 2 is 2.11 bits per heavy atom. The Hall–Kier alpha value is -1.26. The Morgan fingerprint density at radius 1 is 1.44 bits per heavy atom. The number of oxime groups is 1. The Kier molecular flexibility index (Phi) is 4.99. The number of nitrogens with zero attached hydrogens (tertiary/aromatic N) is 1. The lowest BCUT2D eigenvalue weighted by Crippen LogP contribution is -2.26. The van der Waals surface area contributed by atoms with Crippen LogP contribution in [-0.2, 0) is 6.54 Å². The molecule has 4 nitrogen and oxygen atoms in total. The average Bonchev–Trinajstić information content (AvgIpc) is 2.28. The lowest BCUT2D eigenvalue weighted by atomic mass is 9.97. The lowest BCUT2D eigenvalue weighted by Gasteiger charge is -2.19. The summed E-state index contributed by atoms with van der Waals surface area (Å²) in [4.78, 5) is 0. The van der Waals surface area contributed by atoms with Gasteiger partial charge >= 0.3 is 0 Å². The fourth-order valence-electron chi connectivity index (χ4n) is 1.48. The monoisotopic (exact) mass is 269 g/mol. The van der Waals surface area contributed by atoms with E-state index in [-0.39, 0.29) is 11.3 Å². The molecule has 0 saturated heterocycles. The third-order valence-corrected chi connectivity index (χ3v) is 2.78. The fraction of sp³-hybridized carbons (Fsp3) is 0.462. The van der Waals surface area contributed by atoms with E-state index in [9.17, 15) is 0 Å². The zero-order valence-electron chi connectivity index (χ0n) is 11.0. The van der Waals surface area contributed by atoms with Crippen LogP contribution in [0.5, 0.6) is 0 Å². The summed E-state index contributed by atoms with van der Waals surface area (Å²) in [5.41, 5.74) is 7.34. The highest BCUT2D eigenvalue weighted by Gasteiger charge is 2.10. The van der Waals surface area contributed by atoms with Gasteiger partial charge in [-0.1, -0.05) is 49.7 Å². The van der Waals surface area contributed by atoms with Gasteiger partial charge in [0.2, 0.25) is 0 Å². The van der Waals surface area contributed by atoms with E-state index in [1.807, 2.05) is 6.07 Å². The van der Waals surface area contributed by atoms with E-state index in [1.165, 1.54) is 0 Å². The maximum atomic E-state index is 8.59. The molecule has 0 atom stereocenters. The van der Waals surface area contributed by atoms with Crippen molar-refractivity contribution in [1.82, 2.24) is 5.32 Å². The van der Waals surface area contributed by atoms with Crippen molar-refractivity contribution in [2.75, 3.05) is 6.54 Å². The van der Waals surface area contributed by atoms with Gasteiger partial charge in [-0.25, -0.2) is 0 Å². The first kappa shape index (κ1) is 14.8. The molecule has 0 aromatic heterocycles. The first-order valence-corrected chi connectivity index (χ1v) is 6.18. The van der Waals surface area contributed by atoms with Crippen LogP contribution in [0.1, 0.15) is 31.9 Å². The zero-order valence-corrected chi connectivity index (χ0v) is 11.8. The smallest absolute Gasteiger partial charge is 0.170 e. The van der Waals surface area contributed by atoms with Crippen LogP contribution in [0.15, 0.2) is 23.4 Å². The van der Waals surface area contributed by atoms with Gasteiger partial charge in [0.05, 0.1) is 0 Å². The molecule has 18 heavy (non-hydrogen) atoms. The molecule has 5 heteroatoms. The minimum atomic E-state index is 0.0612. The van der Waals surface area contributed by atoms with Gasteiger partial charge in [-0.05, 0) is 17.0 Å². The molecule has 1 aromatic rings. The molecule has 0 bridgehead atoms. The van der Waals surface area contributed by atoms with Crippen LogP contribution >= 0.6 is 11.6 Å². The lowest BCUT2D eigenvalue weighted by molar-refractivity contribution is 0.318. The predicted molar refractivity (Wildman–Crippen MR) is 75.1 cm³/mol. The summed E-state index contributed by atoms with van der Waals surface area (Å²) in [6.07, 6.45) is 0. The number of halogens is 1. The molecule has 1 rings (SSSR count). The van der Waals surface area contributed by atoms with Gasteiger partial charge in [0, 0.05) is 23.7 Å². The second-order valence-electron chi connectivity index (χ2n) is 5.46. The average molecular weight is 270 g/mol. The summed E-state index contributed by atoms with van der Waals surface area (Å²) in [5.74, 6) is 0.0612. The highest BCUT2D eigenvalue weighted by atomic mass is 35.5. The number of hydrogen-bond donors (Lipinski definition) is 3. The van der Waals surface area contributed by atoms with E-state index in [0.29, 0.717) is 17.1 Å². The van der Waals surface area contributed by atoms with Crippen molar-refractivity contribution < 1.29 is 5.21 Å². The van der Waals surface area contributed by atoms with Gasteiger partial charge in [0.15, 0.2) is 5.84 Å². The highest BCUT2D eigenvalue weighted by molar-refractivity contribution is 6.31. The van der Waals surface area contributed by atoms with E-state index in [1.54, 1.807) is 12.1 Å². The first-order chi connectivity index (χ1) is 8.33. The predicted octanol–water partition coefficient (Wildman–Crippen LogP) is 2.57. The molecule has 0 aliphatic carbocycles. The quantitative estimate of drug-likeness (QED) is 0.340. The van der Waals surface area contributed by atoms with Crippen LogP contribution in [0.2, 0.25) is 5.02 Å². The largest absolute Gasteiger partial charge is 0.409 e. The molecule has 0 aliphatic rings. The van der Waals surface area contributed by atoms with Crippen molar-refractivity contribution in [3.8, 4) is 0 Å². The number of benzene rings is 1. The molecule has 0 radical (unpaired) electrons. The van der Waals surface area contributed by atoms with Gasteiger partial charge in [0.1, 0.15) is 0 Å². The fourth-order valence-corrected chi connectivity index (χ4v) is 1.73. The molecular formula is C13H20ClN3O. The molecule has 4 N–H and O–H groups in total. The maximum absolute atomic E-state index is 8.59. The van der Waals surface area contributed by atoms with Gasteiger partial charge < -0.3 is 16.3 Å². The van der Waals surface area contributed by atoms with E-state index in [0.717, 1.165) is 12.1 Å². The molecule has 1 aromatic carbocycles. The minimum absolute atomic E-state index is 0.0612. The molecule has 0 heterocycles. The number of amidine groups is 1. The summed E-state index contributed by atoms with van der Waals surface area (Å²) in [5, 5.41) is 15.5. The van der Waals surface area contributed by atoms with E-state index in [4.69, 9.17) is 22.5 Å². The molecule has 0 aliphatic heterocycles. The highest BCUT2D eigenvalue weighted by Crippen LogP contribution is 2.18. The van der Waals surface area contributed by atoms with Crippen molar-refractivity contribution in [1.29, 1.82) is 0 Å². The second-order valence-corrected chi connectivity index (χ2v) is 5.86. The SMILES string of the molecule is CC(C)(C)CNCc1ccc(/C(N)=N/O)cc1Cl. The summed E-state index contributed by atoms with van der Waals surface area (Å²) in [7, 11) is 0. The molecular weight excluding hydrogens is 250 g/mol. The summed E-state index contributed by atoms with van der Waals surface area (Å²) in [6.45, 7) is 8.12. The molecule has 0 saturated carbocycles. The van der Waals surface area contributed by atoms with Crippen molar-refractivity contribution >= 4 is 17.4 Å². The van der Waals surface area contributed by atoms with Crippen LogP contribution in [0.3, 0.4) is 0 Å². The Bertz CT molecular complexity index is 438. The topological polar surface area (TPSA) is 70.6 Å². The zero-order chi connectivity index (χ0) is 13.8. The Morgan fingerprint density at radius 3 is 2.61 bits per heavy atom. The second kappa shape index (κ2) is 6.07. The third kappa shape index (κ3) is 4.55. The van der Waals surface area contributed by atoms with Gasteiger partial charge in [-0.2, -0.15) is 0 Å². The van der Waals surface area contributed by atoms with Crippen molar-refractivity contribution in [3.05, 3.63) is 34.3 Å². The normalized spacial score (nSPS) is 12.8. The number of nitrogens with one attached hydrogen (secondary N) is 1. The standard InChI is InChI=1S/C13H20ClN3O/c1-13(2,3)8-16-7-10-5-4-9(6-11(10)14)12(15)17-18/h4-6,16,18H,7-8H2,1-3H3,(H2,15,17). The summed E-state index contributed by atoms with van der Waals surface area (Å²) in [6, 6.07) is 5.37. The molecule has 0 fully saturated rings. The first-order valence-electron chi connectivity index (χ1n) is 5.80. The van der Waals surface area contributed by atoms with E-state index in [2.05, 4.69) is 31.2 Å². The minimum Gasteiger partial charge on any atom is -0.409 e. The van der Waals surface area contributed by atoms with Crippen LogP contribution < -0.4 is 11.1 Å². The molecule has 0 spiro atoms. The van der Waals surface area contributed by atoms with Crippen LogP contribution in [0, 0.1) is 5.41 Å². The molecule has 100 valence electrons. The number of hydrogen-bond acceptors (Lipinski definition) is 3. The molecule has 0 amide bonds. The van der Waals surface area contributed by atoms with Gasteiger partial charge in [0.25, 0.3) is 0 Å². The van der Waals surface area contributed by atoms with Crippen LogP contribution in [0.25, 0.3) is 0 Å². The van der Waals surface area contributed by atoms with Crippen molar-refractivity contribution in [2.24, 2.45) is 16.3 Å². The van der Waals surface area contributed by atoms with Crippen LogP contribution in [0.4, 0.5) is 0 Å². The van der Waals surface area contributed by atoms with Crippen molar-refractivity contribution in [3.63, 3.8) is 0 Å². The Balaban J connectivity index is 2.69. The molecule has 0 unspecified atom stereocenters. The number of rotatable bonds is 4. The summed E-state index contributed by atoms with van der Waals surface area (Å²) >= 11 is 6.15. The van der Waals surface area contributed by atoms with Gasteiger partial charge in [-0.3, -0.25) is 0 Å². The summed E-state index contributed by atoms with van der Waals surface area (Å²) < 4.78 is 0. The van der Waals surface area contributed by atoms with Gasteiger partial charge in [-0.15, -0.1) is 0 Å². The van der Waals surface area contributed by atoms with E-state index < -0.39 is 0 Å². The Labute approximate surface area is 113 Å². The van der Waals surface area contributed by atoms with E-state index >= 15 is 0 Å². The maximum Gasteiger partial charge on any atom is 0.170 e. The van der Waals surface area contributed by atoms with Crippen molar-refractivity contribution in [2.45, 2.75) is 27.3 Å². The van der Waals surface area contributed by atoms with Crippen LogP contribution in [-0.4, -0.2) is 17.6 Å².